The van der Waals surface area contributed by atoms with Crippen molar-refractivity contribution in [3.63, 3.8) is 0 Å². The zero-order valence-corrected chi connectivity index (χ0v) is 10.6. The highest BCUT2D eigenvalue weighted by Gasteiger charge is 2.12. The Balaban J connectivity index is 2.51. The summed E-state index contributed by atoms with van der Waals surface area (Å²) in [5.74, 6) is 0. The number of nitrogens with two attached hydrogens (primary N) is 1. The van der Waals surface area contributed by atoms with Crippen LogP contribution in [0.4, 0.5) is 0 Å². The summed E-state index contributed by atoms with van der Waals surface area (Å²) in [7, 11) is 0. The van der Waals surface area contributed by atoms with Crippen LogP contribution in [0.15, 0.2) is 18.5 Å². The fourth-order valence-electron chi connectivity index (χ4n) is 1.70. The van der Waals surface area contributed by atoms with Gasteiger partial charge in [0.2, 0.25) is 0 Å². The van der Waals surface area contributed by atoms with Gasteiger partial charge >= 0.3 is 0 Å². The summed E-state index contributed by atoms with van der Waals surface area (Å²) in [4.78, 5) is 0. The molecule has 16 heavy (non-hydrogen) atoms. The predicted molar refractivity (Wildman–Crippen MR) is 67.2 cm³/mol. The van der Waals surface area contributed by atoms with Gasteiger partial charge in [-0.05, 0) is 38.3 Å². The van der Waals surface area contributed by atoms with E-state index in [1.165, 1.54) is 5.56 Å². The average molecular weight is 224 g/mol. The monoisotopic (exact) mass is 224 g/mol. The zero-order chi connectivity index (χ0) is 12.2. The standard InChI is InChI=1S/C13H24N2O/c1-4-5-12(14)11-6-8-15(10-11)9-7-13(2,3)16/h6,8,10,12,16H,4-5,7,9,14H2,1-3H3. The summed E-state index contributed by atoms with van der Waals surface area (Å²) in [6.45, 7) is 6.65. The molecule has 3 nitrogen and oxygen atoms in total. The molecule has 1 rings (SSSR count). The molecule has 0 radical (unpaired) electrons. The molecule has 0 aliphatic carbocycles. The normalized spacial score (nSPS) is 14.1. The second kappa shape index (κ2) is 5.51. The van der Waals surface area contributed by atoms with Crippen molar-refractivity contribution in [2.75, 3.05) is 0 Å². The van der Waals surface area contributed by atoms with Crippen LogP contribution in [0, 0.1) is 0 Å². The highest BCUT2D eigenvalue weighted by atomic mass is 16.3. The van der Waals surface area contributed by atoms with Crippen LogP contribution in [0.3, 0.4) is 0 Å². The van der Waals surface area contributed by atoms with Crippen molar-refractivity contribution >= 4 is 0 Å². The first-order valence-electron chi connectivity index (χ1n) is 6.06. The summed E-state index contributed by atoms with van der Waals surface area (Å²) < 4.78 is 2.10. The van der Waals surface area contributed by atoms with Crippen LogP contribution in [0.25, 0.3) is 0 Å². The molecule has 0 amide bonds. The van der Waals surface area contributed by atoms with Crippen LogP contribution in [-0.4, -0.2) is 15.3 Å². The molecule has 0 aliphatic heterocycles. The molecule has 0 saturated carbocycles. The third kappa shape index (κ3) is 4.37. The van der Waals surface area contributed by atoms with Crippen LogP contribution in [0.1, 0.15) is 51.6 Å². The maximum absolute atomic E-state index is 9.64. The van der Waals surface area contributed by atoms with Gasteiger partial charge in [-0.1, -0.05) is 13.3 Å². The maximum atomic E-state index is 9.64. The van der Waals surface area contributed by atoms with E-state index in [4.69, 9.17) is 5.73 Å². The maximum Gasteiger partial charge on any atom is 0.0608 e. The molecule has 1 aromatic rings. The van der Waals surface area contributed by atoms with Gasteiger partial charge in [-0.3, -0.25) is 0 Å². The minimum absolute atomic E-state index is 0.147. The summed E-state index contributed by atoms with van der Waals surface area (Å²) in [6, 6.07) is 2.22. The second-order valence-electron chi connectivity index (χ2n) is 5.14. The molecule has 0 aromatic carbocycles. The van der Waals surface area contributed by atoms with E-state index in [0.29, 0.717) is 0 Å². The molecule has 0 aliphatic rings. The Morgan fingerprint density at radius 2 is 2.19 bits per heavy atom. The number of rotatable bonds is 6. The van der Waals surface area contributed by atoms with Crippen molar-refractivity contribution in [1.29, 1.82) is 0 Å². The summed E-state index contributed by atoms with van der Waals surface area (Å²) in [5, 5.41) is 9.64. The van der Waals surface area contributed by atoms with Gasteiger partial charge in [0.05, 0.1) is 5.60 Å². The van der Waals surface area contributed by atoms with Crippen molar-refractivity contribution in [3.05, 3.63) is 24.0 Å². The van der Waals surface area contributed by atoms with Gasteiger partial charge in [-0.15, -0.1) is 0 Å². The van der Waals surface area contributed by atoms with Crippen molar-refractivity contribution in [3.8, 4) is 0 Å². The molecule has 1 heterocycles. The van der Waals surface area contributed by atoms with Gasteiger partial charge < -0.3 is 15.4 Å². The fraction of sp³-hybridized carbons (Fsp3) is 0.692. The summed E-state index contributed by atoms with van der Waals surface area (Å²) in [5.41, 5.74) is 6.63. The minimum atomic E-state index is -0.601. The Morgan fingerprint density at radius 3 is 2.75 bits per heavy atom. The van der Waals surface area contributed by atoms with E-state index < -0.39 is 5.60 Å². The van der Waals surface area contributed by atoms with Crippen molar-refractivity contribution in [1.82, 2.24) is 4.57 Å². The SMILES string of the molecule is CCCC(N)c1ccn(CCC(C)(C)O)c1. The van der Waals surface area contributed by atoms with E-state index in [0.717, 1.165) is 25.8 Å². The Bertz CT molecular complexity index is 312. The zero-order valence-electron chi connectivity index (χ0n) is 10.6. The molecule has 92 valence electrons. The molecule has 0 spiro atoms. The van der Waals surface area contributed by atoms with Crippen LogP contribution < -0.4 is 5.73 Å². The van der Waals surface area contributed by atoms with Crippen molar-refractivity contribution < 1.29 is 5.11 Å². The first kappa shape index (κ1) is 13.3. The lowest BCUT2D eigenvalue weighted by Gasteiger charge is -2.17. The molecular formula is C13H24N2O. The molecule has 1 atom stereocenters. The first-order valence-corrected chi connectivity index (χ1v) is 6.06. The van der Waals surface area contributed by atoms with E-state index in [9.17, 15) is 5.11 Å². The Hall–Kier alpha value is -0.800. The molecule has 3 heteroatoms. The number of aryl methyl sites for hydroxylation is 1. The quantitative estimate of drug-likeness (QED) is 0.780. The molecular weight excluding hydrogens is 200 g/mol. The van der Waals surface area contributed by atoms with Gasteiger partial charge in [0, 0.05) is 25.0 Å². The van der Waals surface area contributed by atoms with Gasteiger partial charge in [-0.2, -0.15) is 0 Å². The number of hydrogen-bond acceptors (Lipinski definition) is 2. The summed E-state index contributed by atoms with van der Waals surface area (Å²) >= 11 is 0. The molecule has 0 bridgehead atoms. The lowest BCUT2D eigenvalue weighted by Crippen LogP contribution is -2.20. The van der Waals surface area contributed by atoms with Gasteiger partial charge in [0.25, 0.3) is 0 Å². The van der Waals surface area contributed by atoms with Gasteiger partial charge in [0.15, 0.2) is 0 Å². The number of aliphatic hydroxyl groups is 1. The van der Waals surface area contributed by atoms with Gasteiger partial charge in [-0.25, -0.2) is 0 Å². The largest absolute Gasteiger partial charge is 0.390 e. The third-order valence-electron chi connectivity index (χ3n) is 2.78. The highest BCUT2D eigenvalue weighted by Crippen LogP contribution is 2.17. The second-order valence-corrected chi connectivity index (χ2v) is 5.14. The predicted octanol–water partition coefficient (Wildman–Crippen LogP) is 2.45. The molecule has 1 unspecified atom stereocenters. The Labute approximate surface area is 98.3 Å². The fourth-order valence-corrected chi connectivity index (χ4v) is 1.70. The average Bonchev–Trinajstić information content (AvgIpc) is 2.62. The minimum Gasteiger partial charge on any atom is -0.390 e. The van der Waals surface area contributed by atoms with Crippen molar-refractivity contribution in [2.45, 2.75) is 58.2 Å². The third-order valence-corrected chi connectivity index (χ3v) is 2.78. The first-order chi connectivity index (χ1) is 7.42. The van der Waals surface area contributed by atoms with Crippen molar-refractivity contribution in [2.24, 2.45) is 5.73 Å². The highest BCUT2D eigenvalue weighted by molar-refractivity contribution is 5.14. The van der Waals surface area contributed by atoms with Crippen LogP contribution in [-0.2, 0) is 6.54 Å². The van der Waals surface area contributed by atoms with E-state index >= 15 is 0 Å². The lowest BCUT2D eigenvalue weighted by atomic mass is 10.1. The van der Waals surface area contributed by atoms with E-state index in [1.807, 2.05) is 20.0 Å². The van der Waals surface area contributed by atoms with E-state index in [1.54, 1.807) is 0 Å². The molecule has 0 saturated heterocycles. The van der Waals surface area contributed by atoms with Gasteiger partial charge in [0.1, 0.15) is 0 Å². The summed E-state index contributed by atoms with van der Waals surface area (Å²) in [6.07, 6.45) is 7.01. The smallest absolute Gasteiger partial charge is 0.0608 e. The topological polar surface area (TPSA) is 51.2 Å². The lowest BCUT2D eigenvalue weighted by molar-refractivity contribution is 0.0662. The van der Waals surface area contributed by atoms with Crippen LogP contribution in [0.2, 0.25) is 0 Å². The molecule has 3 N–H and O–H groups in total. The molecule has 1 aromatic heterocycles. The van der Waals surface area contributed by atoms with Crippen LogP contribution >= 0.6 is 0 Å². The van der Waals surface area contributed by atoms with E-state index in [-0.39, 0.29) is 6.04 Å². The van der Waals surface area contributed by atoms with E-state index in [2.05, 4.69) is 23.8 Å². The molecule has 0 fully saturated rings. The Morgan fingerprint density at radius 1 is 1.50 bits per heavy atom. The number of aromatic nitrogens is 1. The number of hydrogen-bond donors (Lipinski definition) is 2. The Kier molecular flexibility index (Phi) is 4.56. The number of nitrogens with zero attached hydrogens (tertiary/aromatic N) is 1. The van der Waals surface area contributed by atoms with Crippen LogP contribution in [0.5, 0.6) is 0 Å².